The van der Waals surface area contributed by atoms with Crippen molar-refractivity contribution in [3.63, 3.8) is 0 Å². The van der Waals surface area contributed by atoms with E-state index in [1.165, 1.54) is 74.3 Å². The third-order valence-electron chi connectivity index (χ3n) is 11.9. The van der Waals surface area contributed by atoms with Crippen molar-refractivity contribution < 1.29 is 27.1 Å². The van der Waals surface area contributed by atoms with Gasteiger partial charge >= 0.3 is 274 Å². The first-order valence-corrected chi connectivity index (χ1v) is 23.1. The summed E-state index contributed by atoms with van der Waals surface area (Å²) in [4.78, 5) is 0. The van der Waals surface area contributed by atoms with Gasteiger partial charge < -0.3 is 0 Å². The maximum atomic E-state index is 15.3. The third kappa shape index (κ3) is 4.43. The van der Waals surface area contributed by atoms with Crippen LogP contribution in [0.4, 0.5) is 8.78 Å². The van der Waals surface area contributed by atoms with Gasteiger partial charge in [-0.3, -0.25) is 0 Å². The molecule has 0 aromatic heterocycles. The summed E-state index contributed by atoms with van der Waals surface area (Å²) in [6.07, 6.45) is 10.5. The molecule has 48 heavy (non-hydrogen) atoms. The van der Waals surface area contributed by atoms with Gasteiger partial charge in [0.15, 0.2) is 0 Å². The van der Waals surface area contributed by atoms with Crippen LogP contribution in [-0.4, -0.2) is 4.21 Å². The van der Waals surface area contributed by atoms with Crippen molar-refractivity contribution in [2.45, 2.75) is 65.2 Å². The molecule has 0 fully saturated rings. The van der Waals surface area contributed by atoms with Gasteiger partial charge in [0, 0.05) is 0 Å². The summed E-state index contributed by atoms with van der Waals surface area (Å²) in [5.41, 5.74) is 12.9. The first-order chi connectivity index (χ1) is 21.7. The van der Waals surface area contributed by atoms with Gasteiger partial charge in [-0.1, -0.05) is 0 Å². The van der Waals surface area contributed by atoms with E-state index in [0.29, 0.717) is 0 Å². The number of rotatable bonds is 4. The fourth-order valence-corrected chi connectivity index (χ4v) is 28.0. The summed E-state index contributed by atoms with van der Waals surface area (Å²) >= 11 is -5.23. The summed E-state index contributed by atoms with van der Waals surface area (Å²) in [5.74, 6) is -0.571. The molecule has 0 N–H and O–H groups in total. The van der Waals surface area contributed by atoms with E-state index >= 15 is 8.78 Å². The standard InChI is InChI=1S/C25H25.2C6H4F.C5H5.CH2.2ClH.Zr/c1-14-12-24(3,4)22-8-16-7-17-9-23-19(15(2)13-25(23,5)6)11-21(17)20(16)10-18(14)22;2*7-6-4-2-1-3-5-6;1-2-4-5-3-1;;;;/h8-12H,7H2,1-6H3;2*1-2,4-5H;1-3H,4H2;1H2;2*1H;. The molecule has 0 spiro atoms. The van der Waals surface area contributed by atoms with E-state index in [9.17, 15) is 0 Å². The van der Waals surface area contributed by atoms with Gasteiger partial charge in [0.05, 0.1) is 0 Å². The first-order valence-electron chi connectivity index (χ1n) is 16.4. The van der Waals surface area contributed by atoms with Crippen LogP contribution in [0, 0.1) is 11.6 Å². The molecule has 4 aliphatic carbocycles. The van der Waals surface area contributed by atoms with E-state index in [0.717, 1.165) is 19.4 Å². The van der Waals surface area contributed by atoms with Crippen LogP contribution in [0.15, 0.2) is 104 Å². The van der Waals surface area contributed by atoms with Gasteiger partial charge in [0.2, 0.25) is 0 Å². The van der Waals surface area contributed by atoms with Crippen molar-refractivity contribution >= 4 is 46.7 Å². The number of hydrogen-bond acceptors (Lipinski definition) is 0. The Balaban J connectivity index is 0.00000201. The Bertz CT molecular complexity index is 2210. The van der Waals surface area contributed by atoms with E-state index in [-0.39, 0.29) is 41.9 Å². The minimum absolute atomic E-state index is 0. The summed E-state index contributed by atoms with van der Waals surface area (Å²) in [5, 5.41) is 0. The molecule has 4 aliphatic rings. The van der Waals surface area contributed by atoms with Crippen molar-refractivity contribution in [2.24, 2.45) is 0 Å². The normalized spacial score (nSPS) is 17.9. The van der Waals surface area contributed by atoms with Crippen LogP contribution in [-0.2, 0) is 35.5 Å². The molecule has 246 valence electrons. The molecular formula is C43H42Cl2F2Zr. The molecule has 0 unspecified atom stereocenters. The number of allylic oxidation sites excluding steroid dienone is 8. The molecule has 0 bridgehead atoms. The van der Waals surface area contributed by atoms with Crippen LogP contribution in [0.5, 0.6) is 0 Å². The van der Waals surface area contributed by atoms with Crippen molar-refractivity contribution in [2.75, 3.05) is 0 Å². The first kappa shape index (κ1) is 34.9. The molecule has 0 amide bonds. The molecule has 0 saturated heterocycles. The molecule has 5 heteroatoms. The second-order valence-corrected chi connectivity index (χ2v) is 28.1. The van der Waals surface area contributed by atoms with Gasteiger partial charge in [-0.25, -0.2) is 0 Å². The van der Waals surface area contributed by atoms with E-state index in [4.69, 9.17) is 4.21 Å². The monoisotopic (exact) mass is 756 g/mol. The summed E-state index contributed by atoms with van der Waals surface area (Å²) in [6, 6.07) is 23.8. The number of halogens is 4. The van der Waals surface area contributed by atoms with Crippen molar-refractivity contribution in [3.8, 4) is 11.1 Å². The zero-order chi connectivity index (χ0) is 32.4. The summed E-state index contributed by atoms with van der Waals surface area (Å²) in [6.45, 7) is 13.7. The van der Waals surface area contributed by atoms with Crippen LogP contribution in [0.25, 0.3) is 22.3 Å². The van der Waals surface area contributed by atoms with Crippen molar-refractivity contribution in [3.05, 3.63) is 149 Å². The zero-order valence-corrected chi connectivity index (χ0v) is 32.5. The Kier molecular flexibility index (Phi) is 8.19. The Hall–Kier alpha value is -2.97. The van der Waals surface area contributed by atoms with Gasteiger partial charge in [-0.05, 0) is 0 Å². The third-order valence-corrected chi connectivity index (χ3v) is 29.2. The summed E-state index contributed by atoms with van der Waals surface area (Å²) < 4.78 is 40.4. The van der Waals surface area contributed by atoms with Crippen LogP contribution >= 0.6 is 24.8 Å². The van der Waals surface area contributed by atoms with E-state index < -0.39 is 23.7 Å². The van der Waals surface area contributed by atoms with Gasteiger partial charge in [0.25, 0.3) is 0 Å². The Morgan fingerprint density at radius 2 is 1.27 bits per heavy atom. The number of hydrogen-bond donors (Lipinski definition) is 0. The van der Waals surface area contributed by atoms with Crippen LogP contribution in [0.1, 0.15) is 81.3 Å². The molecule has 0 atom stereocenters. The quantitative estimate of drug-likeness (QED) is 0.171. The molecule has 0 saturated carbocycles. The predicted octanol–water partition coefficient (Wildman–Crippen LogP) is 10.7. The van der Waals surface area contributed by atoms with E-state index in [1.807, 2.05) is 0 Å². The molecule has 0 radical (unpaired) electrons. The van der Waals surface area contributed by atoms with Crippen LogP contribution in [0.2, 0.25) is 0 Å². The minimum atomic E-state index is -5.23. The van der Waals surface area contributed by atoms with Crippen molar-refractivity contribution in [1.29, 1.82) is 0 Å². The molecule has 4 aromatic rings. The predicted molar refractivity (Wildman–Crippen MR) is 203 cm³/mol. The molecule has 0 aliphatic heterocycles. The Morgan fingerprint density at radius 3 is 1.81 bits per heavy atom. The molecule has 0 heterocycles. The second kappa shape index (κ2) is 11.3. The fourth-order valence-electron chi connectivity index (χ4n) is 10.0. The Labute approximate surface area is 296 Å². The average molecular weight is 759 g/mol. The molecular weight excluding hydrogens is 717 g/mol. The van der Waals surface area contributed by atoms with E-state index in [1.54, 1.807) is 24.3 Å². The second-order valence-electron chi connectivity index (χ2n) is 15.3. The van der Waals surface area contributed by atoms with Gasteiger partial charge in [-0.15, -0.1) is 24.8 Å². The molecule has 8 rings (SSSR count). The van der Waals surface area contributed by atoms with Crippen LogP contribution < -0.4 is 6.54 Å². The molecule has 0 nitrogen and oxygen atoms in total. The summed E-state index contributed by atoms with van der Waals surface area (Å²) in [7, 11) is 0. The fraction of sp³-hybridized carbons (Fsp3) is 0.233. The average Bonchev–Trinajstić information content (AvgIpc) is 3.76. The number of benzene rings is 4. The topological polar surface area (TPSA) is 0 Å². The Morgan fingerprint density at radius 1 is 0.708 bits per heavy atom. The SMILES string of the molecule is Cl.Cl.[CH2]=[Zr]([C]1=CC=CC1)([C]1=C(C)c2cc3c(cc2C1(C)C)Cc1cc2c(cc1-3)C(C)=CC2(C)C)([c]1cccc(F)c1)[c]1cccc(F)c1. The molecule has 4 aromatic carbocycles. The van der Waals surface area contributed by atoms with Crippen molar-refractivity contribution in [1.82, 2.24) is 0 Å². The van der Waals surface area contributed by atoms with Gasteiger partial charge in [0.1, 0.15) is 0 Å². The van der Waals surface area contributed by atoms with Crippen LogP contribution in [0.3, 0.4) is 0 Å². The van der Waals surface area contributed by atoms with E-state index in [2.05, 4.69) is 102 Å². The maximum absolute atomic E-state index is 15.3. The zero-order valence-electron chi connectivity index (χ0n) is 28.4. The number of fused-ring (bicyclic) bond motifs is 5. The van der Waals surface area contributed by atoms with Gasteiger partial charge in [-0.2, -0.15) is 0 Å².